The molecular formula is C12H13BrN2. The van der Waals surface area contributed by atoms with Crippen LogP contribution in [0.4, 0.5) is 5.69 Å². The van der Waals surface area contributed by atoms with E-state index in [0.717, 1.165) is 28.8 Å². The number of rotatable bonds is 1. The maximum absolute atomic E-state index is 9.05. The standard InChI is InChI=1S/C12H13BrN2/c13-11-5-4-10(9-14)12(8-11)15-6-2-1-3-7-15/h4-5,8H,1-3,6-7H2. The Morgan fingerprint density at radius 2 is 1.93 bits per heavy atom. The monoisotopic (exact) mass is 264 g/mol. The molecule has 0 radical (unpaired) electrons. The highest BCUT2D eigenvalue weighted by Gasteiger charge is 2.14. The lowest BCUT2D eigenvalue weighted by Gasteiger charge is -2.29. The van der Waals surface area contributed by atoms with E-state index in [9.17, 15) is 0 Å². The third-order valence-electron chi connectivity index (χ3n) is 2.78. The molecule has 0 bridgehead atoms. The number of nitrogens with zero attached hydrogens (tertiary/aromatic N) is 2. The number of nitriles is 1. The van der Waals surface area contributed by atoms with Crippen LogP contribution in [-0.2, 0) is 0 Å². The molecular weight excluding hydrogens is 252 g/mol. The Bertz CT molecular complexity index is 389. The molecule has 1 aliphatic heterocycles. The number of halogens is 1. The van der Waals surface area contributed by atoms with Crippen molar-refractivity contribution in [3.05, 3.63) is 28.2 Å². The van der Waals surface area contributed by atoms with Gasteiger partial charge in [-0.2, -0.15) is 5.26 Å². The minimum Gasteiger partial charge on any atom is -0.370 e. The molecule has 0 aromatic heterocycles. The van der Waals surface area contributed by atoms with Crippen LogP contribution in [0.5, 0.6) is 0 Å². The van der Waals surface area contributed by atoms with E-state index in [-0.39, 0.29) is 0 Å². The quantitative estimate of drug-likeness (QED) is 0.778. The van der Waals surface area contributed by atoms with Crippen molar-refractivity contribution in [2.24, 2.45) is 0 Å². The predicted molar refractivity (Wildman–Crippen MR) is 64.9 cm³/mol. The zero-order chi connectivity index (χ0) is 10.7. The summed E-state index contributed by atoms with van der Waals surface area (Å²) < 4.78 is 1.04. The zero-order valence-electron chi connectivity index (χ0n) is 8.54. The molecule has 1 heterocycles. The second-order valence-electron chi connectivity index (χ2n) is 3.82. The number of hydrogen-bond acceptors (Lipinski definition) is 2. The molecule has 15 heavy (non-hydrogen) atoms. The summed E-state index contributed by atoms with van der Waals surface area (Å²) in [6.07, 6.45) is 3.78. The van der Waals surface area contributed by atoms with Crippen molar-refractivity contribution in [3.8, 4) is 6.07 Å². The Kier molecular flexibility index (Phi) is 3.27. The Hall–Kier alpha value is -1.01. The second kappa shape index (κ2) is 4.67. The molecule has 1 aliphatic rings. The van der Waals surface area contributed by atoms with Crippen LogP contribution in [-0.4, -0.2) is 13.1 Å². The molecule has 0 unspecified atom stereocenters. The van der Waals surface area contributed by atoms with Gasteiger partial charge in [-0.3, -0.25) is 0 Å². The minimum absolute atomic E-state index is 0.778. The SMILES string of the molecule is N#Cc1ccc(Br)cc1N1CCCCC1. The van der Waals surface area contributed by atoms with Gasteiger partial charge in [0, 0.05) is 17.6 Å². The third kappa shape index (κ3) is 2.32. The molecule has 1 saturated heterocycles. The largest absolute Gasteiger partial charge is 0.370 e. The van der Waals surface area contributed by atoms with Gasteiger partial charge < -0.3 is 4.90 Å². The zero-order valence-corrected chi connectivity index (χ0v) is 10.1. The normalized spacial score (nSPS) is 16.1. The molecule has 3 heteroatoms. The summed E-state index contributed by atoms with van der Waals surface area (Å²) in [5.74, 6) is 0. The van der Waals surface area contributed by atoms with E-state index in [0.29, 0.717) is 0 Å². The number of anilines is 1. The molecule has 2 nitrogen and oxygen atoms in total. The van der Waals surface area contributed by atoms with Crippen molar-refractivity contribution >= 4 is 21.6 Å². The summed E-state index contributed by atoms with van der Waals surface area (Å²) in [5.41, 5.74) is 1.85. The fourth-order valence-electron chi connectivity index (χ4n) is 2.00. The highest BCUT2D eigenvalue weighted by molar-refractivity contribution is 9.10. The third-order valence-corrected chi connectivity index (χ3v) is 3.27. The van der Waals surface area contributed by atoms with Gasteiger partial charge in [-0.1, -0.05) is 15.9 Å². The predicted octanol–water partition coefficient (Wildman–Crippen LogP) is 3.31. The Balaban J connectivity index is 2.32. The summed E-state index contributed by atoms with van der Waals surface area (Å²) in [7, 11) is 0. The Labute approximate surface area is 98.6 Å². The van der Waals surface area contributed by atoms with Gasteiger partial charge in [-0.05, 0) is 37.5 Å². The van der Waals surface area contributed by atoms with Crippen LogP contribution in [0, 0.1) is 11.3 Å². The van der Waals surface area contributed by atoms with Gasteiger partial charge in [0.1, 0.15) is 6.07 Å². The number of hydrogen-bond donors (Lipinski definition) is 0. The topological polar surface area (TPSA) is 27.0 Å². The van der Waals surface area contributed by atoms with E-state index in [1.165, 1.54) is 19.3 Å². The molecule has 0 saturated carbocycles. The van der Waals surface area contributed by atoms with Crippen LogP contribution in [0.3, 0.4) is 0 Å². The number of benzene rings is 1. The summed E-state index contributed by atoms with van der Waals surface area (Å²) in [5, 5.41) is 9.05. The van der Waals surface area contributed by atoms with E-state index in [4.69, 9.17) is 5.26 Å². The minimum atomic E-state index is 0.778. The highest BCUT2D eigenvalue weighted by Crippen LogP contribution is 2.27. The maximum atomic E-state index is 9.05. The van der Waals surface area contributed by atoms with Crippen LogP contribution >= 0.6 is 15.9 Å². The summed E-state index contributed by atoms with van der Waals surface area (Å²) >= 11 is 3.46. The van der Waals surface area contributed by atoms with Gasteiger partial charge in [-0.15, -0.1) is 0 Å². The molecule has 2 rings (SSSR count). The van der Waals surface area contributed by atoms with Crippen molar-refractivity contribution in [3.63, 3.8) is 0 Å². The lowest BCUT2D eigenvalue weighted by Crippen LogP contribution is -2.29. The van der Waals surface area contributed by atoms with E-state index >= 15 is 0 Å². The van der Waals surface area contributed by atoms with Crippen molar-refractivity contribution in [2.45, 2.75) is 19.3 Å². The fourth-order valence-corrected chi connectivity index (χ4v) is 2.34. The summed E-state index contributed by atoms with van der Waals surface area (Å²) in [6.45, 7) is 2.15. The summed E-state index contributed by atoms with van der Waals surface area (Å²) in [4.78, 5) is 2.31. The van der Waals surface area contributed by atoms with Crippen molar-refractivity contribution in [1.29, 1.82) is 5.26 Å². The lowest BCUT2D eigenvalue weighted by molar-refractivity contribution is 0.577. The molecule has 1 aromatic rings. The molecule has 1 aromatic carbocycles. The van der Waals surface area contributed by atoms with Crippen molar-refractivity contribution in [2.75, 3.05) is 18.0 Å². The van der Waals surface area contributed by atoms with Crippen LogP contribution in [0.2, 0.25) is 0 Å². The molecule has 78 valence electrons. The molecule has 0 spiro atoms. The van der Waals surface area contributed by atoms with Crippen molar-refractivity contribution < 1.29 is 0 Å². The van der Waals surface area contributed by atoms with Gasteiger partial charge in [0.2, 0.25) is 0 Å². The second-order valence-corrected chi connectivity index (χ2v) is 4.74. The first-order valence-corrected chi connectivity index (χ1v) is 6.05. The molecule has 0 amide bonds. The molecule has 0 atom stereocenters. The van der Waals surface area contributed by atoms with E-state index in [1.807, 2.05) is 18.2 Å². The Morgan fingerprint density at radius 1 is 1.20 bits per heavy atom. The Morgan fingerprint density at radius 3 is 2.60 bits per heavy atom. The van der Waals surface area contributed by atoms with Crippen LogP contribution in [0.1, 0.15) is 24.8 Å². The first-order chi connectivity index (χ1) is 7.31. The molecule has 0 aliphatic carbocycles. The maximum Gasteiger partial charge on any atom is 0.101 e. The molecule has 0 N–H and O–H groups in total. The van der Waals surface area contributed by atoms with Gasteiger partial charge >= 0.3 is 0 Å². The van der Waals surface area contributed by atoms with Crippen LogP contribution in [0.15, 0.2) is 22.7 Å². The molecule has 1 fully saturated rings. The number of piperidine rings is 1. The van der Waals surface area contributed by atoms with E-state index in [1.54, 1.807) is 0 Å². The average molecular weight is 265 g/mol. The first kappa shape index (κ1) is 10.5. The van der Waals surface area contributed by atoms with E-state index in [2.05, 4.69) is 26.9 Å². The van der Waals surface area contributed by atoms with Gasteiger partial charge in [0.15, 0.2) is 0 Å². The van der Waals surface area contributed by atoms with Crippen LogP contribution in [0.25, 0.3) is 0 Å². The highest BCUT2D eigenvalue weighted by atomic mass is 79.9. The van der Waals surface area contributed by atoms with E-state index < -0.39 is 0 Å². The lowest BCUT2D eigenvalue weighted by atomic mass is 10.1. The van der Waals surface area contributed by atoms with Gasteiger partial charge in [-0.25, -0.2) is 0 Å². The summed E-state index contributed by atoms with van der Waals surface area (Å²) in [6, 6.07) is 8.11. The van der Waals surface area contributed by atoms with Gasteiger partial charge in [0.25, 0.3) is 0 Å². The average Bonchev–Trinajstić information content (AvgIpc) is 2.30. The first-order valence-electron chi connectivity index (χ1n) is 5.26. The van der Waals surface area contributed by atoms with Crippen LogP contribution < -0.4 is 4.90 Å². The van der Waals surface area contributed by atoms with Gasteiger partial charge in [0.05, 0.1) is 11.3 Å². The fraction of sp³-hybridized carbons (Fsp3) is 0.417. The smallest absolute Gasteiger partial charge is 0.101 e. The van der Waals surface area contributed by atoms with Crippen molar-refractivity contribution in [1.82, 2.24) is 0 Å².